The van der Waals surface area contributed by atoms with Crippen LogP contribution in [0.5, 0.6) is 0 Å². The second kappa shape index (κ2) is 6.00. The number of hydrogen-bond donors (Lipinski definition) is 2. The number of Topliss-reactive ketones (excluding diaryl/α,β-unsaturated/α-hetero) is 1. The molecule has 1 aliphatic rings. The molecule has 1 saturated heterocycles. The molecule has 17 heavy (non-hydrogen) atoms. The van der Waals surface area contributed by atoms with Crippen molar-refractivity contribution in [3.63, 3.8) is 0 Å². The Balaban J connectivity index is 2.26. The third-order valence-corrected chi connectivity index (χ3v) is 4.50. The molecule has 7 heteroatoms. The maximum atomic E-state index is 11.3. The van der Waals surface area contributed by atoms with Crippen LogP contribution in [0.1, 0.15) is 19.8 Å². The molecular formula is C10H18N2O4S. The van der Waals surface area contributed by atoms with Crippen LogP contribution in [0.3, 0.4) is 0 Å². The molecule has 1 fully saturated rings. The first kappa shape index (κ1) is 14.0. The van der Waals surface area contributed by atoms with Gasteiger partial charge in [0.25, 0.3) is 0 Å². The Morgan fingerprint density at radius 2 is 2.00 bits per heavy atom. The van der Waals surface area contributed by atoms with Crippen molar-refractivity contribution in [2.45, 2.75) is 19.8 Å². The Morgan fingerprint density at radius 3 is 2.59 bits per heavy atom. The quantitative estimate of drug-likeness (QED) is 0.727. The van der Waals surface area contributed by atoms with Crippen LogP contribution >= 0.6 is 0 Å². The van der Waals surface area contributed by atoms with E-state index in [1.54, 1.807) is 0 Å². The van der Waals surface area contributed by atoms with E-state index in [1.165, 1.54) is 6.92 Å². The highest BCUT2D eigenvalue weighted by Crippen LogP contribution is 2.17. The van der Waals surface area contributed by atoms with Crippen LogP contribution in [-0.4, -0.2) is 44.8 Å². The van der Waals surface area contributed by atoms with Gasteiger partial charge in [-0.05, 0) is 25.7 Å². The van der Waals surface area contributed by atoms with E-state index in [0.29, 0.717) is 13.0 Å². The predicted octanol–water partition coefficient (Wildman–Crippen LogP) is -0.301. The molecular weight excluding hydrogens is 244 g/mol. The first-order valence-corrected chi connectivity index (χ1v) is 7.43. The number of urea groups is 1. The topological polar surface area (TPSA) is 92.3 Å². The summed E-state index contributed by atoms with van der Waals surface area (Å²) in [7, 11) is -2.93. The number of carbonyl (C=O) groups is 2. The molecule has 0 bridgehead atoms. The summed E-state index contributed by atoms with van der Waals surface area (Å²) in [5, 5.41) is 4.97. The summed E-state index contributed by atoms with van der Waals surface area (Å²) in [6, 6.07) is -0.428. The minimum atomic E-state index is -2.93. The zero-order chi connectivity index (χ0) is 12.9. The maximum Gasteiger partial charge on any atom is 0.315 e. The molecule has 0 spiro atoms. The van der Waals surface area contributed by atoms with Crippen LogP contribution < -0.4 is 10.6 Å². The van der Waals surface area contributed by atoms with Gasteiger partial charge < -0.3 is 10.6 Å². The summed E-state index contributed by atoms with van der Waals surface area (Å²) < 4.78 is 22.7. The summed E-state index contributed by atoms with van der Waals surface area (Å²) >= 11 is 0. The number of nitrogens with one attached hydrogen (secondary N) is 2. The molecule has 1 heterocycles. The van der Waals surface area contributed by atoms with Crippen LogP contribution in [0.25, 0.3) is 0 Å². The molecule has 1 aliphatic heterocycles. The molecule has 2 N–H and O–H groups in total. The monoisotopic (exact) mass is 262 g/mol. The van der Waals surface area contributed by atoms with Gasteiger partial charge in [-0.15, -0.1) is 0 Å². The summed E-state index contributed by atoms with van der Waals surface area (Å²) in [6.07, 6.45) is 1.47. The van der Waals surface area contributed by atoms with Crippen molar-refractivity contribution in [3.05, 3.63) is 0 Å². The van der Waals surface area contributed by atoms with Crippen LogP contribution in [-0.2, 0) is 14.6 Å². The van der Waals surface area contributed by atoms with Gasteiger partial charge in [-0.1, -0.05) is 0 Å². The largest absolute Gasteiger partial charge is 0.338 e. The SMILES string of the molecule is CC(=O)CNC(=O)NCC1CCCS(=O)(=O)C1. The molecule has 98 valence electrons. The zero-order valence-corrected chi connectivity index (χ0v) is 10.7. The van der Waals surface area contributed by atoms with Gasteiger partial charge in [0.1, 0.15) is 5.78 Å². The number of amides is 2. The highest BCUT2D eigenvalue weighted by atomic mass is 32.2. The third kappa shape index (κ3) is 5.67. The minimum Gasteiger partial charge on any atom is -0.338 e. The van der Waals surface area contributed by atoms with Crippen molar-refractivity contribution in [3.8, 4) is 0 Å². The van der Waals surface area contributed by atoms with Gasteiger partial charge in [-0.3, -0.25) is 4.79 Å². The fourth-order valence-electron chi connectivity index (χ4n) is 1.78. The molecule has 0 aromatic carbocycles. The van der Waals surface area contributed by atoms with E-state index < -0.39 is 15.9 Å². The summed E-state index contributed by atoms with van der Waals surface area (Å²) in [6.45, 7) is 1.71. The van der Waals surface area contributed by atoms with Gasteiger partial charge in [0.05, 0.1) is 18.1 Å². The lowest BCUT2D eigenvalue weighted by Crippen LogP contribution is -2.42. The predicted molar refractivity (Wildman–Crippen MR) is 63.5 cm³/mol. The van der Waals surface area contributed by atoms with Crippen LogP contribution in [0.15, 0.2) is 0 Å². The third-order valence-electron chi connectivity index (χ3n) is 2.61. The van der Waals surface area contributed by atoms with Gasteiger partial charge in [-0.25, -0.2) is 13.2 Å². The van der Waals surface area contributed by atoms with Crippen molar-refractivity contribution < 1.29 is 18.0 Å². The molecule has 0 aliphatic carbocycles. The molecule has 0 saturated carbocycles. The van der Waals surface area contributed by atoms with Crippen molar-refractivity contribution in [1.82, 2.24) is 10.6 Å². The molecule has 0 aromatic rings. The average molecular weight is 262 g/mol. The lowest BCUT2D eigenvalue weighted by molar-refractivity contribution is -0.116. The minimum absolute atomic E-state index is 0.00516. The van der Waals surface area contributed by atoms with Crippen LogP contribution in [0.4, 0.5) is 4.79 Å². The molecule has 1 unspecified atom stereocenters. The van der Waals surface area contributed by atoms with E-state index in [4.69, 9.17) is 0 Å². The van der Waals surface area contributed by atoms with Crippen molar-refractivity contribution in [2.24, 2.45) is 5.92 Å². The Hall–Kier alpha value is -1.11. The van der Waals surface area contributed by atoms with Crippen LogP contribution in [0, 0.1) is 5.92 Å². The highest BCUT2D eigenvalue weighted by Gasteiger charge is 2.24. The van der Waals surface area contributed by atoms with E-state index in [-0.39, 0.29) is 29.8 Å². The van der Waals surface area contributed by atoms with E-state index >= 15 is 0 Å². The van der Waals surface area contributed by atoms with Crippen molar-refractivity contribution in [1.29, 1.82) is 0 Å². The van der Waals surface area contributed by atoms with Gasteiger partial charge in [0.15, 0.2) is 9.84 Å². The van der Waals surface area contributed by atoms with E-state index in [0.717, 1.165) is 6.42 Å². The highest BCUT2D eigenvalue weighted by molar-refractivity contribution is 7.91. The summed E-state index contributed by atoms with van der Waals surface area (Å²) in [4.78, 5) is 21.8. The number of rotatable bonds is 4. The smallest absolute Gasteiger partial charge is 0.315 e. The molecule has 1 rings (SSSR count). The normalized spacial score (nSPS) is 22.8. The molecule has 1 atom stereocenters. The summed E-state index contributed by atoms with van der Waals surface area (Å²) in [5.41, 5.74) is 0. The Morgan fingerprint density at radius 1 is 1.29 bits per heavy atom. The molecule has 0 aromatic heterocycles. The average Bonchev–Trinajstić information content (AvgIpc) is 2.22. The van der Waals surface area contributed by atoms with Gasteiger partial charge in [0.2, 0.25) is 0 Å². The molecule has 6 nitrogen and oxygen atoms in total. The zero-order valence-electron chi connectivity index (χ0n) is 9.86. The second-order valence-corrected chi connectivity index (χ2v) is 6.62. The second-order valence-electron chi connectivity index (χ2n) is 4.39. The maximum absolute atomic E-state index is 11.3. The van der Waals surface area contributed by atoms with Crippen molar-refractivity contribution in [2.75, 3.05) is 24.6 Å². The molecule has 2 amide bonds. The van der Waals surface area contributed by atoms with Crippen molar-refractivity contribution >= 4 is 21.7 Å². The first-order valence-electron chi connectivity index (χ1n) is 5.60. The van der Waals surface area contributed by atoms with Gasteiger partial charge in [0, 0.05) is 6.54 Å². The van der Waals surface area contributed by atoms with Gasteiger partial charge in [-0.2, -0.15) is 0 Å². The number of ketones is 1. The van der Waals surface area contributed by atoms with Gasteiger partial charge >= 0.3 is 6.03 Å². The Bertz CT molecular complexity index is 391. The Labute approximate surface area is 101 Å². The lowest BCUT2D eigenvalue weighted by atomic mass is 10.1. The number of sulfone groups is 1. The number of hydrogen-bond acceptors (Lipinski definition) is 4. The Kier molecular flexibility index (Phi) is 4.92. The molecule has 0 radical (unpaired) electrons. The van der Waals surface area contributed by atoms with E-state index in [9.17, 15) is 18.0 Å². The fourth-order valence-corrected chi connectivity index (χ4v) is 3.56. The fraction of sp³-hybridized carbons (Fsp3) is 0.800. The number of carbonyl (C=O) groups excluding carboxylic acids is 2. The van der Waals surface area contributed by atoms with E-state index in [1.807, 2.05) is 0 Å². The van der Waals surface area contributed by atoms with Crippen LogP contribution in [0.2, 0.25) is 0 Å². The summed E-state index contributed by atoms with van der Waals surface area (Å²) in [5.74, 6) is 0.247. The lowest BCUT2D eigenvalue weighted by Gasteiger charge is -2.22. The standard InChI is InChI=1S/C10H18N2O4S/c1-8(13)5-11-10(14)12-6-9-3-2-4-17(15,16)7-9/h9H,2-7H2,1H3,(H2,11,12,14). The first-order chi connectivity index (χ1) is 7.89. The van der Waals surface area contributed by atoms with E-state index in [2.05, 4.69) is 10.6 Å².